The maximum atomic E-state index is 10.5. The summed E-state index contributed by atoms with van der Waals surface area (Å²) in [6.07, 6.45) is 8.85. The molecular weight excluding hydrogens is 504 g/mol. The Bertz CT molecular complexity index is 470. The van der Waals surface area contributed by atoms with Gasteiger partial charge in [0.2, 0.25) is 0 Å². The van der Waals surface area contributed by atoms with Crippen molar-refractivity contribution in [1.29, 1.82) is 0 Å². The van der Waals surface area contributed by atoms with Crippen molar-refractivity contribution in [2.75, 3.05) is 11.4 Å². The van der Waals surface area contributed by atoms with E-state index in [1.54, 1.807) is 13.3 Å². The van der Waals surface area contributed by atoms with Crippen LogP contribution in [0, 0.1) is 0 Å². The van der Waals surface area contributed by atoms with Crippen molar-refractivity contribution in [3.05, 3.63) is 14.7 Å². The molecule has 0 aliphatic rings. The minimum absolute atomic E-state index is 0.367. The van der Waals surface area contributed by atoms with Crippen molar-refractivity contribution in [1.82, 2.24) is 0 Å². The summed E-state index contributed by atoms with van der Waals surface area (Å²) < 4.78 is 27.9. The van der Waals surface area contributed by atoms with Gasteiger partial charge in [0.1, 0.15) is 4.34 Å². The molecule has 0 saturated carbocycles. The summed E-state index contributed by atoms with van der Waals surface area (Å²) in [6, 6.07) is 1.50. The number of halogens is 2. The van der Waals surface area contributed by atoms with Crippen LogP contribution in [0.15, 0.2) is 6.07 Å². The van der Waals surface area contributed by atoms with E-state index in [4.69, 9.17) is 23.2 Å². The average molecular weight is 535 g/mol. The second kappa shape index (κ2) is 16.0. The van der Waals surface area contributed by atoms with E-state index >= 15 is 0 Å². The minimum atomic E-state index is -2.31. The molecule has 3 nitrogen and oxygen atoms in total. The summed E-state index contributed by atoms with van der Waals surface area (Å²) in [6.45, 7) is 7.00. The first-order chi connectivity index (χ1) is 11.9. The van der Waals surface area contributed by atoms with E-state index in [1.807, 2.05) is 0 Å². The zero-order valence-corrected chi connectivity index (χ0v) is 21.8. The smallest absolute Gasteiger partial charge is 0.119 e. The molecule has 0 aliphatic heterocycles. The van der Waals surface area contributed by atoms with E-state index in [2.05, 4.69) is 20.8 Å². The number of unbranched alkanes of at least 4 members (excludes halogenated alkanes) is 3. The number of hydrogen-bond acceptors (Lipinski definition) is 3. The standard InChI is InChI=1S/C5H5Cl2NO2S2.3C4H9.Sn/c1-8(12(9)10)3-2-4(6)11-5(3)7;3*1-3-4-2;/h2H,1H3,(H,9,10);3*1,3-4H2,2H3;/q;;;;+1/p-1. The largest absolute Gasteiger partial charge is 0.755 e. The van der Waals surface area contributed by atoms with Crippen LogP contribution in [0.5, 0.6) is 0 Å². The van der Waals surface area contributed by atoms with Gasteiger partial charge in [-0.05, 0) is 6.07 Å². The van der Waals surface area contributed by atoms with E-state index in [1.165, 1.54) is 51.6 Å². The number of hydrogen-bond donors (Lipinski definition) is 0. The topological polar surface area (TPSA) is 43.4 Å². The molecule has 0 saturated heterocycles. The molecule has 1 rings (SSSR count). The molecular formula is C17H31Cl2NO2S2Sn. The first-order valence-electron chi connectivity index (χ1n) is 8.98. The van der Waals surface area contributed by atoms with Crippen LogP contribution in [0.3, 0.4) is 0 Å². The summed E-state index contributed by atoms with van der Waals surface area (Å²) in [4.78, 5) is 0. The molecule has 1 atom stereocenters. The summed E-state index contributed by atoms with van der Waals surface area (Å²) in [5.74, 6) is 0. The van der Waals surface area contributed by atoms with Gasteiger partial charge in [0.25, 0.3) is 0 Å². The Balaban J connectivity index is 0.000000462. The third kappa shape index (κ3) is 12.1. The normalized spacial score (nSPS) is 11.6. The first kappa shape index (κ1) is 26.0. The molecule has 0 aliphatic carbocycles. The molecule has 0 bridgehead atoms. The fourth-order valence-corrected chi connectivity index (χ4v) is 13.7. The van der Waals surface area contributed by atoms with Gasteiger partial charge >= 0.3 is 92.4 Å². The molecule has 1 aromatic heterocycles. The summed E-state index contributed by atoms with van der Waals surface area (Å²) in [7, 11) is 1.40. The van der Waals surface area contributed by atoms with Crippen LogP contribution in [0.2, 0.25) is 22.0 Å². The Morgan fingerprint density at radius 3 is 1.80 bits per heavy atom. The molecule has 1 unspecified atom stereocenters. The van der Waals surface area contributed by atoms with Gasteiger partial charge in [-0.25, -0.2) is 0 Å². The van der Waals surface area contributed by atoms with Gasteiger partial charge in [-0.2, -0.15) is 0 Å². The first-order valence-corrected chi connectivity index (χ1v) is 17.6. The van der Waals surface area contributed by atoms with Gasteiger partial charge in [-0.1, -0.05) is 23.2 Å². The van der Waals surface area contributed by atoms with Gasteiger partial charge < -0.3 is 8.86 Å². The van der Waals surface area contributed by atoms with E-state index < -0.39 is 31.0 Å². The summed E-state index contributed by atoms with van der Waals surface area (Å²) in [5, 5.41) is 0. The quantitative estimate of drug-likeness (QED) is 0.223. The fourth-order valence-electron chi connectivity index (χ4n) is 2.28. The molecule has 0 aromatic carbocycles. The van der Waals surface area contributed by atoms with E-state index in [0.29, 0.717) is 14.4 Å². The van der Waals surface area contributed by atoms with Crippen LogP contribution in [-0.2, 0) is 11.3 Å². The fraction of sp³-hybridized carbons (Fsp3) is 0.765. The van der Waals surface area contributed by atoms with Crippen LogP contribution in [-0.4, -0.2) is 35.6 Å². The van der Waals surface area contributed by atoms with Crippen LogP contribution >= 0.6 is 34.5 Å². The molecule has 146 valence electrons. The SMILES string of the molecule is CCC[CH2][Sn+]([CH2]CCC)[CH2]CCC.CN(c1cc(Cl)sc1Cl)S(=O)[O-]. The van der Waals surface area contributed by atoms with E-state index in [9.17, 15) is 8.76 Å². The monoisotopic (exact) mass is 535 g/mol. The summed E-state index contributed by atoms with van der Waals surface area (Å²) >= 11 is 9.30. The zero-order chi connectivity index (χ0) is 19.2. The van der Waals surface area contributed by atoms with E-state index in [0.717, 1.165) is 15.6 Å². The number of rotatable bonds is 11. The van der Waals surface area contributed by atoms with Crippen LogP contribution in [0.25, 0.3) is 0 Å². The molecule has 25 heavy (non-hydrogen) atoms. The molecule has 0 N–H and O–H groups in total. The van der Waals surface area contributed by atoms with Crippen molar-refractivity contribution in [2.45, 2.75) is 72.6 Å². The van der Waals surface area contributed by atoms with Crippen molar-refractivity contribution in [3.8, 4) is 0 Å². The van der Waals surface area contributed by atoms with Crippen LogP contribution in [0.1, 0.15) is 59.3 Å². The maximum Gasteiger partial charge on any atom is 0.119 e. The second-order valence-corrected chi connectivity index (χ2v) is 17.8. The van der Waals surface area contributed by atoms with Crippen molar-refractivity contribution in [2.24, 2.45) is 0 Å². The Morgan fingerprint density at radius 2 is 1.52 bits per heavy atom. The Morgan fingerprint density at radius 1 is 1.08 bits per heavy atom. The molecule has 0 radical (unpaired) electrons. The predicted octanol–water partition coefficient (Wildman–Crippen LogP) is 7.17. The van der Waals surface area contributed by atoms with Gasteiger partial charge in [0, 0.05) is 18.3 Å². The molecule has 0 amide bonds. The van der Waals surface area contributed by atoms with Gasteiger partial charge in [-0.15, -0.1) is 11.3 Å². The van der Waals surface area contributed by atoms with Gasteiger partial charge in [0.15, 0.2) is 0 Å². The summed E-state index contributed by atoms with van der Waals surface area (Å²) in [5.41, 5.74) is 0.403. The Kier molecular flexibility index (Phi) is 16.6. The third-order valence-corrected chi connectivity index (χ3v) is 15.0. The van der Waals surface area contributed by atoms with Crippen LogP contribution in [0.4, 0.5) is 5.69 Å². The minimum Gasteiger partial charge on any atom is -0.755 e. The second-order valence-electron chi connectivity index (χ2n) is 5.98. The molecule has 0 fully saturated rings. The predicted molar refractivity (Wildman–Crippen MR) is 117 cm³/mol. The third-order valence-electron chi connectivity index (χ3n) is 3.85. The average Bonchev–Trinajstić information content (AvgIpc) is 2.92. The molecule has 1 aromatic rings. The van der Waals surface area contributed by atoms with E-state index in [-0.39, 0.29) is 0 Å². The van der Waals surface area contributed by atoms with Crippen molar-refractivity contribution < 1.29 is 8.76 Å². The molecule has 8 heteroatoms. The van der Waals surface area contributed by atoms with Crippen molar-refractivity contribution in [3.63, 3.8) is 0 Å². The van der Waals surface area contributed by atoms with Gasteiger partial charge in [-0.3, -0.25) is 4.21 Å². The van der Waals surface area contributed by atoms with Crippen LogP contribution < -0.4 is 4.31 Å². The number of thiophene rings is 1. The molecule has 0 spiro atoms. The van der Waals surface area contributed by atoms with Crippen molar-refractivity contribution >= 4 is 71.3 Å². The zero-order valence-electron chi connectivity index (χ0n) is 15.8. The van der Waals surface area contributed by atoms with Gasteiger partial charge in [0.05, 0.1) is 10.0 Å². The maximum absolute atomic E-state index is 10.5. The Hall–Kier alpha value is 0.989. The number of nitrogens with zero attached hydrogens (tertiary/aromatic N) is 1. The molecule has 1 heterocycles. The Labute approximate surface area is 177 Å². The number of anilines is 1.